The molecular formula is C17H20FNO2. The van der Waals surface area contributed by atoms with Crippen molar-refractivity contribution < 1.29 is 13.9 Å². The SMILES string of the molecule is COc1ccc(C)cc1C(N)COc1ccc(F)cc1C. The zero-order chi connectivity index (χ0) is 15.4. The van der Waals surface area contributed by atoms with Crippen LogP contribution in [-0.2, 0) is 0 Å². The molecule has 0 saturated heterocycles. The summed E-state index contributed by atoms with van der Waals surface area (Å²) < 4.78 is 24.1. The Kier molecular flexibility index (Phi) is 4.81. The molecule has 2 N–H and O–H groups in total. The Bertz CT molecular complexity index is 628. The van der Waals surface area contributed by atoms with Crippen LogP contribution in [0.15, 0.2) is 36.4 Å². The highest BCUT2D eigenvalue weighted by Crippen LogP contribution is 2.26. The first kappa shape index (κ1) is 15.3. The molecule has 0 radical (unpaired) electrons. The molecule has 0 saturated carbocycles. The minimum Gasteiger partial charge on any atom is -0.496 e. The number of rotatable bonds is 5. The van der Waals surface area contributed by atoms with E-state index in [1.807, 2.05) is 25.1 Å². The quantitative estimate of drug-likeness (QED) is 0.915. The third-order valence-corrected chi connectivity index (χ3v) is 3.34. The van der Waals surface area contributed by atoms with Crippen LogP contribution in [0.4, 0.5) is 4.39 Å². The first-order valence-corrected chi connectivity index (χ1v) is 6.80. The van der Waals surface area contributed by atoms with Gasteiger partial charge >= 0.3 is 0 Å². The minimum atomic E-state index is -0.315. The van der Waals surface area contributed by atoms with E-state index in [1.165, 1.54) is 12.1 Å². The smallest absolute Gasteiger partial charge is 0.123 e. The molecule has 0 fully saturated rings. The fourth-order valence-electron chi connectivity index (χ4n) is 2.19. The van der Waals surface area contributed by atoms with E-state index in [9.17, 15) is 4.39 Å². The summed E-state index contributed by atoms with van der Waals surface area (Å²) in [5.74, 6) is 1.11. The molecular weight excluding hydrogens is 269 g/mol. The van der Waals surface area contributed by atoms with Gasteiger partial charge in [-0.1, -0.05) is 17.7 Å². The number of nitrogens with two attached hydrogens (primary N) is 1. The van der Waals surface area contributed by atoms with E-state index in [0.29, 0.717) is 12.4 Å². The largest absolute Gasteiger partial charge is 0.496 e. The second-order valence-electron chi connectivity index (χ2n) is 5.07. The molecule has 2 aromatic rings. The summed E-state index contributed by atoms with van der Waals surface area (Å²) in [4.78, 5) is 0. The van der Waals surface area contributed by atoms with Crippen molar-refractivity contribution in [1.82, 2.24) is 0 Å². The lowest BCUT2D eigenvalue weighted by Crippen LogP contribution is -2.20. The van der Waals surface area contributed by atoms with Gasteiger partial charge in [0, 0.05) is 5.56 Å². The van der Waals surface area contributed by atoms with Crippen molar-refractivity contribution in [2.75, 3.05) is 13.7 Å². The summed E-state index contributed by atoms with van der Waals surface area (Å²) >= 11 is 0. The summed E-state index contributed by atoms with van der Waals surface area (Å²) in [6.07, 6.45) is 0. The fraction of sp³-hybridized carbons (Fsp3) is 0.294. The number of ether oxygens (including phenoxy) is 2. The molecule has 2 rings (SSSR count). The Balaban J connectivity index is 2.11. The second-order valence-corrected chi connectivity index (χ2v) is 5.07. The average molecular weight is 289 g/mol. The second kappa shape index (κ2) is 6.59. The van der Waals surface area contributed by atoms with E-state index < -0.39 is 0 Å². The van der Waals surface area contributed by atoms with Crippen molar-refractivity contribution in [1.29, 1.82) is 0 Å². The van der Waals surface area contributed by atoms with Crippen LogP contribution in [0.2, 0.25) is 0 Å². The number of aryl methyl sites for hydroxylation is 2. The Hall–Kier alpha value is -2.07. The van der Waals surface area contributed by atoms with Crippen molar-refractivity contribution in [3.05, 3.63) is 58.9 Å². The summed E-state index contributed by atoms with van der Waals surface area (Å²) in [7, 11) is 1.62. The Morgan fingerprint density at radius 3 is 2.48 bits per heavy atom. The van der Waals surface area contributed by atoms with Gasteiger partial charge in [-0.25, -0.2) is 4.39 Å². The van der Waals surface area contributed by atoms with E-state index in [-0.39, 0.29) is 11.9 Å². The molecule has 1 atom stereocenters. The summed E-state index contributed by atoms with van der Waals surface area (Å²) in [6.45, 7) is 4.10. The van der Waals surface area contributed by atoms with E-state index in [1.54, 1.807) is 20.1 Å². The molecule has 0 aliphatic carbocycles. The molecule has 2 aromatic carbocycles. The van der Waals surface area contributed by atoms with E-state index in [4.69, 9.17) is 15.2 Å². The van der Waals surface area contributed by atoms with Gasteiger partial charge in [0.2, 0.25) is 0 Å². The van der Waals surface area contributed by atoms with Crippen molar-refractivity contribution in [3.8, 4) is 11.5 Å². The molecule has 0 aliphatic heterocycles. The molecule has 1 unspecified atom stereocenters. The zero-order valence-corrected chi connectivity index (χ0v) is 12.5. The zero-order valence-electron chi connectivity index (χ0n) is 12.5. The molecule has 112 valence electrons. The standard InChI is InChI=1S/C17H20FNO2/c1-11-4-6-17(20-3)14(8-11)15(19)10-21-16-7-5-13(18)9-12(16)2/h4-9,15H,10,19H2,1-3H3. The van der Waals surface area contributed by atoms with Gasteiger partial charge in [-0.2, -0.15) is 0 Å². The summed E-state index contributed by atoms with van der Waals surface area (Å²) in [5, 5.41) is 0. The third kappa shape index (κ3) is 3.73. The van der Waals surface area contributed by atoms with E-state index >= 15 is 0 Å². The van der Waals surface area contributed by atoms with Crippen LogP contribution in [-0.4, -0.2) is 13.7 Å². The molecule has 0 heterocycles. The third-order valence-electron chi connectivity index (χ3n) is 3.34. The van der Waals surface area contributed by atoms with Gasteiger partial charge in [0.15, 0.2) is 0 Å². The molecule has 3 nitrogen and oxygen atoms in total. The van der Waals surface area contributed by atoms with Crippen molar-refractivity contribution in [2.45, 2.75) is 19.9 Å². The first-order chi connectivity index (χ1) is 10.0. The van der Waals surface area contributed by atoms with Crippen LogP contribution >= 0.6 is 0 Å². The number of methoxy groups -OCH3 is 1. The van der Waals surface area contributed by atoms with Crippen LogP contribution in [0.3, 0.4) is 0 Å². The van der Waals surface area contributed by atoms with Gasteiger partial charge in [0.05, 0.1) is 13.2 Å². The van der Waals surface area contributed by atoms with Crippen LogP contribution in [0.5, 0.6) is 11.5 Å². The highest BCUT2D eigenvalue weighted by atomic mass is 19.1. The molecule has 0 amide bonds. The average Bonchev–Trinajstić information content (AvgIpc) is 2.46. The normalized spacial score (nSPS) is 12.0. The van der Waals surface area contributed by atoms with Gasteiger partial charge in [-0.05, 0) is 43.7 Å². The molecule has 4 heteroatoms. The maximum atomic E-state index is 13.1. The lowest BCUT2D eigenvalue weighted by Gasteiger charge is -2.18. The summed E-state index contributed by atoms with van der Waals surface area (Å²) in [5.41, 5.74) is 8.95. The maximum Gasteiger partial charge on any atom is 0.123 e. The number of hydrogen-bond acceptors (Lipinski definition) is 3. The Labute approximate surface area is 124 Å². The topological polar surface area (TPSA) is 44.5 Å². The highest BCUT2D eigenvalue weighted by molar-refractivity contribution is 5.39. The first-order valence-electron chi connectivity index (χ1n) is 6.80. The highest BCUT2D eigenvalue weighted by Gasteiger charge is 2.13. The molecule has 0 bridgehead atoms. The predicted octanol–water partition coefficient (Wildman–Crippen LogP) is 3.53. The summed E-state index contributed by atoms with van der Waals surface area (Å²) in [6, 6.07) is 9.97. The van der Waals surface area contributed by atoms with Crippen LogP contribution in [0.1, 0.15) is 22.7 Å². The maximum absolute atomic E-state index is 13.1. The number of halogens is 1. The van der Waals surface area contributed by atoms with Crippen LogP contribution < -0.4 is 15.2 Å². The monoisotopic (exact) mass is 289 g/mol. The molecule has 0 spiro atoms. The molecule has 0 aliphatic rings. The number of hydrogen-bond donors (Lipinski definition) is 1. The fourth-order valence-corrected chi connectivity index (χ4v) is 2.19. The van der Waals surface area contributed by atoms with Crippen LogP contribution in [0, 0.1) is 19.7 Å². The van der Waals surface area contributed by atoms with E-state index in [0.717, 1.165) is 22.4 Å². The van der Waals surface area contributed by atoms with Gasteiger partial charge in [0.25, 0.3) is 0 Å². The predicted molar refractivity (Wildman–Crippen MR) is 81.3 cm³/mol. The lowest BCUT2D eigenvalue weighted by atomic mass is 10.0. The number of benzene rings is 2. The van der Waals surface area contributed by atoms with Crippen molar-refractivity contribution >= 4 is 0 Å². The van der Waals surface area contributed by atoms with Gasteiger partial charge in [-0.15, -0.1) is 0 Å². The molecule has 21 heavy (non-hydrogen) atoms. The van der Waals surface area contributed by atoms with Crippen LogP contribution in [0.25, 0.3) is 0 Å². The van der Waals surface area contributed by atoms with Gasteiger partial charge in [0.1, 0.15) is 23.9 Å². The van der Waals surface area contributed by atoms with E-state index in [2.05, 4.69) is 0 Å². The van der Waals surface area contributed by atoms with Crippen molar-refractivity contribution in [2.24, 2.45) is 5.73 Å². The minimum absolute atomic E-state index is 0.274. The van der Waals surface area contributed by atoms with Gasteiger partial charge in [-0.3, -0.25) is 0 Å². The molecule has 0 aromatic heterocycles. The Morgan fingerprint density at radius 2 is 1.81 bits per heavy atom. The lowest BCUT2D eigenvalue weighted by molar-refractivity contribution is 0.284. The Morgan fingerprint density at radius 1 is 1.10 bits per heavy atom. The van der Waals surface area contributed by atoms with Crippen molar-refractivity contribution in [3.63, 3.8) is 0 Å². The van der Waals surface area contributed by atoms with Gasteiger partial charge < -0.3 is 15.2 Å².